The van der Waals surface area contributed by atoms with Crippen LogP contribution in [0, 0.1) is 13.8 Å². The van der Waals surface area contributed by atoms with E-state index in [4.69, 9.17) is 0 Å². The first kappa shape index (κ1) is 11.3. The maximum absolute atomic E-state index is 4.34. The van der Waals surface area contributed by atoms with Crippen LogP contribution in [-0.2, 0) is 0 Å². The number of anilines is 1. The van der Waals surface area contributed by atoms with Crippen LogP contribution in [0.4, 0.5) is 5.82 Å². The number of unbranched alkanes of at least 4 members (excludes halogenated alkanes) is 1. The van der Waals surface area contributed by atoms with E-state index in [0.29, 0.717) is 0 Å². The number of nitrogens with zero attached hydrogens (tertiary/aromatic N) is 2. The van der Waals surface area contributed by atoms with E-state index in [1.807, 2.05) is 0 Å². The first-order valence-corrected chi connectivity index (χ1v) is 6.50. The summed E-state index contributed by atoms with van der Waals surface area (Å²) >= 11 is 1.74. The molecule has 0 aliphatic heterocycles. The van der Waals surface area contributed by atoms with Gasteiger partial charge in [0.25, 0.3) is 0 Å². The molecule has 2 rings (SSSR count). The van der Waals surface area contributed by atoms with Crippen molar-refractivity contribution in [2.45, 2.75) is 33.6 Å². The van der Waals surface area contributed by atoms with E-state index in [0.717, 1.165) is 17.2 Å². The van der Waals surface area contributed by atoms with Crippen molar-refractivity contribution in [3.05, 3.63) is 16.8 Å². The molecule has 4 heteroatoms. The molecule has 0 saturated carbocycles. The third kappa shape index (κ3) is 2.02. The molecule has 0 spiro atoms. The lowest BCUT2D eigenvalue weighted by atomic mass is 10.2. The van der Waals surface area contributed by atoms with Crippen LogP contribution in [0.3, 0.4) is 0 Å². The Kier molecular flexibility index (Phi) is 3.39. The van der Waals surface area contributed by atoms with Crippen LogP contribution in [0.15, 0.2) is 6.33 Å². The average molecular weight is 235 g/mol. The number of hydrogen-bond donors (Lipinski definition) is 1. The maximum Gasteiger partial charge on any atom is 0.138 e. The topological polar surface area (TPSA) is 37.8 Å². The van der Waals surface area contributed by atoms with Gasteiger partial charge in [-0.1, -0.05) is 13.3 Å². The Morgan fingerprint density at radius 1 is 1.31 bits per heavy atom. The molecule has 0 bridgehead atoms. The fourth-order valence-corrected chi connectivity index (χ4v) is 2.70. The molecule has 0 aromatic carbocycles. The molecule has 0 aliphatic rings. The summed E-state index contributed by atoms with van der Waals surface area (Å²) in [5.74, 6) is 0.986. The summed E-state index contributed by atoms with van der Waals surface area (Å²) in [7, 11) is 0. The SMILES string of the molecule is CCCCNc1ncnc2sc(C)c(C)c12. The minimum atomic E-state index is 0.983. The summed E-state index contributed by atoms with van der Waals surface area (Å²) in [5, 5.41) is 4.59. The van der Waals surface area contributed by atoms with Crippen LogP contribution < -0.4 is 5.32 Å². The maximum atomic E-state index is 4.34. The minimum Gasteiger partial charge on any atom is -0.369 e. The van der Waals surface area contributed by atoms with Gasteiger partial charge >= 0.3 is 0 Å². The molecule has 1 N–H and O–H groups in total. The molecule has 0 saturated heterocycles. The fourth-order valence-electron chi connectivity index (χ4n) is 1.70. The number of aryl methyl sites for hydroxylation is 2. The number of fused-ring (bicyclic) bond motifs is 1. The molecule has 0 unspecified atom stereocenters. The van der Waals surface area contributed by atoms with Crippen LogP contribution in [0.2, 0.25) is 0 Å². The lowest BCUT2D eigenvalue weighted by molar-refractivity contribution is 0.831. The second-order valence-corrected chi connectivity index (χ2v) is 5.17. The molecule has 2 heterocycles. The van der Waals surface area contributed by atoms with Crippen molar-refractivity contribution in [2.24, 2.45) is 0 Å². The molecule has 16 heavy (non-hydrogen) atoms. The van der Waals surface area contributed by atoms with E-state index in [1.165, 1.54) is 28.7 Å². The number of thiophene rings is 1. The first-order valence-electron chi connectivity index (χ1n) is 5.68. The Bertz CT molecular complexity index is 490. The van der Waals surface area contributed by atoms with Crippen molar-refractivity contribution in [2.75, 3.05) is 11.9 Å². The number of rotatable bonds is 4. The van der Waals surface area contributed by atoms with Crippen molar-refractivity contribution in [1.29, 1.82) is 0 Å². The molecule has 0 atom stereocenters. The second kappa shape index (κ2) is 4.78. The number of aromatic nitrogens is 2. The fraction of sp³-hybridized carbons (Fsp3) is 0.500. The molecule has 2 aromatic heterocycles. The molecule has 0 aliphatic carbocycles. The highest BCUT2D eigenvalue weighted by molar-refractivity contribution is 7.18. The van der Waals surface area contributed by atoms with Gasteiger partial charge in [0, 0.05) is 11.4 Å². The van der Waals surface area contributed by atoms with Gasteiger partial charge in [0.1, 0.15) is 17.0 Å². The molecule has 86 valence electrons. The Morgan fingerprint density at radius 3 is 2.88 bits per heavy atom. The van der Waals surface area contributed by atoms with Gasteiger partial charge in [-0.3, -0.25) is 0 Å². The number of nitrogens with one attached hydrogen (secondary N) is 1. The zero-order valence-electron chi connectivity index (χ0n) is 10.0. The monoisotopic (exact) mass is 235 g/mol. The molecule has 0 fully saturated rings. The summed E-state index contributed by atoms with van der Waals surface area (Å²) in [6, 6.07) is 0. The lowest BCUT2D eigenvalue weighted by Gasteiger charge is -2.05. The standard InChI is InChI=1S/C12H17N3S/c1-4-5-6-13-11-10-8(2)9(3)16-12(10)15-7-14-11/h7H,4-6H2,1-3H3,(H,13,14,15). The van der Waals surface area contributed by atoms with E-state index in [9.17, 15) is 0 Å². The van der Waals surface area contributed by atoms with Gasteiger partial charge in [0.2, 0.25) is 0 Å². The third-order valence-electron chi connectivity index (χ3n) is 2.79. The third-order valence-corrected chi connectivity index (χ3v) is 3.90. The summed E-state index contributed by atoms with van der Waals surface area (Å²) in [5.41, 5.74) is 1.31. The summed E-state index contributed by atoms with van der Waals surface area (Å²) < 4.78 is 0. The van der Waals surface area contributed by atoms with Crippen LogP contribution in [0.5, 0.6) is 0 Å². The molecule has 3 nitrogen and oxygen atoms in total. The minimum absolute atomic E-state index is 0.983. The summed E-state index contributed by atoms with van der Waals surface area (Å²) in [4.78, 5) is 11.1. The Morgan fingerprint density at radius 2 is 2.12 bits per heavy atom. The number of hydrogen-bond acceptors (Lipinski definition) is 4. The van der Waals surface area contributed by atoms with E-state index in [1.54, 1.807) is 17.7 Å². The van der Waals surface area contributed by atoms with Crippen molar-refractivity contribution >= 4 is 27.4 Å². The Hall–Kier alpha value is -1.16. The van der Waals surface area contributed by atoms with Crippen LogP contribution in [0.25, 0.3) is 10.2 Å². The largest absolute Gasteiger partial charge is 0.369 e. The Balaban J connectivity index is 2.36. The smallest absolute Gasteiger partial charge is 0.138 e. The highest BCUT2D eigenvalue weighted by Crippen LogP contribution is 2.32. The Labute approximate surface area is 99.9 Å². The van der Waals surface area contributed by atoms with Crippen LogP contribution >= 0.6 is 11.3 Å². The van der Waals surface area contributed by atoms with E-state index >= 15 is 0 Å². The highest BCUT2D eigenvalue weighted by Gasteiger charge is 2.10. The normalized spacial score (nSPS) is 10.9. The van der Waals surface area contributed by atoms with Crippen molar-refractivity contribution < 1.29 is 0 Å². The summed E-state index contributed by atoms with van der Waals surface area (Å²) in [6.07, 6.45) is 4.02. The predicted octanol–water partition coefficient (Wildman–Crippen LogP) is 3.52. The molecule has 0 radical (unpaired) electrons. The highest BCUT2D eigenvalue weighted by atomic mass is 32.1. The van der Waals surface area contributed by atoms with Crippen molar-refractivity contribution in [3.63, 3.8) is 0 Å². The van der Waals surface area contributed by atoms with Gasteiger partial charge in [0.15, 0.2) is 0 Å². The van der Waals surface area contributed by atoms with Crippen molar-refractivity contribution in [1.82, 2.24) is 9.97 Å². The van der Waals surface area contributed by atoms with Gasteiger partial charge in [-0.25, -0.2) is 9.97 Å². The predicted molar refractivity (Wildman–Crippen MR) is 70.3 cm³/mol. The van der Waals surface area contributed by atoms with E-state index in [2.05, 4.69) is 36.1 Å². The first-order chi connectivity index (χ1) is 7.74. The van der Waals surface area contributed by atoms with Crippen LogP contribution in [0.1, 0.15) is 30.2 Å². The van der Waals surface area contributed by atoms with E-state index in [-0.39, 0.29) is 0 Å². The zero-order chi connectivity index (χ0) is 11.5. The molecule has 2 aromatic rings. The van der Waals surface area contributed by atoms with Gasteiger partial charge in [-0.05, 0) is 25.8 Å². The van der Waals surface area contributed by atoms with Gasteiger partial charge < -0.3 is 5.32 Å². The molecule has 0 amide bonds. The lowest BCUT2D eigenvalue weighted by Crippen LogP contribution is -2.03. The average Bonchev–Trinajstić information content (AvgIpc) is 2.56. The zero-order valence-corrected chi connectivity index (χ0v) is 10.8. The molecular weight excluding hydrogens is 218 g/mol. The van der Waals surface area contributed by atoms with E-state index < -0.39 is 0 Å². The van der Waals surface area contributed by atoms with Crippen LogP contribution in [-0.4, -0.2) is 16.5 Å². The van der Waals surface area contributed by atoms with Crippen molar-refractivity contribution in [3.8, 4) is 0 Å². The van der Waals surface area contributed by atoms with Gasteiger partial charge in [-0.2, -0.15) is 0 Å². The second-order valence-electron chi connectivity index (χ2n) is 3.97. The van der Waals surface area contributed by atoms with Gasteiger partial charge in [-0.15, -0.1) is 11.3 Å². The van der Waals surface area contributed by atoms with Gasteiger partial charge in [0.05, 0.1) is 5.39 Å². The summed E-state index contributed by atoms with van der Waals surface area (Å²) in [6.45, 7) is 7.45. The quantitative estimate of drug-likeness (QED) is 0.824. The molecular formula is C12H17N3S.